The summed E-state index contributed by atoms with van der Waals surface area (Å²) in [5.41, 5.74) is 10.9. The van der Waals surface area contributed by atoms with Crippen molar-refractivity contribution in [2.75, 3.05) is 5.01 Å². The van der Waals surface area contributed by atoms with Gasteiger partial charge in [0, 0.05) is 27.2 Å². The number of rotatable bonds is 5. The third-order valence-electron chi connectivity index (χ3n) is 9.99. The highest BCUT2D eigenvalue weighted by molar-refractivity contribution is 6.11. The third-order valence-corrected chi connectivity index (χ3v) is 9.99. The lowest BCUT2D eigenvalue weighted by Gasteiger charge is -2.52. The zero-order chi connectivity index (χ0) is 31.6. The standard InChI is InChI=1S/C44H32N4/c1-3-13-30(14-4-1)31-23-25-33(26-24-31)44-45-43(32-15-5-2-6-16-32)48(44)47-41-22-12-9-19-37(41)38-29-34(27-28-42(38)47)46-39-20-10-7-17-35(39)36-18-8-11-21-40(36)46/h1-29,43-45H. The zero-order valence-electron chi connectivity index (χ0n) is 26.2. The van der Waals surface area contributed by atoms with Gasteiger partial charge in [0.05, 0.1) is 22.1 Å². The first-order valence-corrected chi connectivity index (χ1v) is 16.6. The van der Waals surface area contributed by atoms with E-state index in [4.69, 9.17) is 0 Å². The molecule has 0 saturated carbocycles. The van der Waals surface area contributed by atoms with E-state index >= 15 is 0 Å². The molecule has 0 spiro atoms. The Balaban J connectivity index is 1.16. The van der Waals surface area contributed by atoms with Gasteiger partial charge in [-0.1, -0.05) is 140 Å². The number of fused-ring (bicyclic) bond motifs is 6. The summed E-state index contributed by atoms with van der Waals surface area (Å²) in [7, 11) is 0. The number of nitrogens with zero attached hydrogens (tertiary/aromatic N) is 3. The smallest absolute Gasteiger partial charge is 0.125 e. The van der Waals surface area contributed by atoms with Crippen molar-refractivity contribution in [3.05, 3.63) is 187 Å². The second-order valence-electron chi connectivity index (χ2n) is 12.7. The number of hydrogen-bond acceptors (Lipinski definition) is 2. The fourth-order valence-corrected chi connectivity index (χ4v) is 7.75. The maximum Gasteiger partial charge on any atom is 0.125 e. The molecule has 10 rings (SSSR count). The Hall–Kier alpha value is -6.10. The SMILES string of the molecule is c1ccc(-c2ccc(C3NC(c4ccccc4)N3n3c4ccccc4c4cc(-n5c6ccccc6c6ccccc65)ccc43)cc2)cc1. The van der Waals surface area contributed by atoms with Crippen LogP contribution in [0, 0.1) is 0 Å². The molecule has 1 fully saturated rings. The van der Waals surface area contributed by atoms with Gasteiger partial charge in [-0.25, -0.2) is 0 Å². The highest BCUT2D eigenvalue weighted by Gasteiger charge is 2.41. The van der Waals surface area contributed by atoms with E-state index in [1.54, 1.807) is 0 Å². The molecule has 48 heavy (non-hydrogen) atoms. The molecule has 0 radical (unpaired) electrons. The van der Waals surface area contributed by atoms with Gasteiger partial charge in [-0.15, -0.1) is 0 Å². The first-order chi connectivity index (χ1) is 23.8. The van der Waals surface area contributed by atoms with Gasteiger partial charge in [0.25, 0.3) is 0 Å². The lowest BCUT2D eigenvalue weighted by atomic mass is 9.99. The Labute approximate surface area is 278 Å². The molecule has 9 aromatic rings. The maximum absolute atomic E-state index is 3.91. The molecule has 228 valence electrons. The van der Waals surface area contributed by atoms with Gasteiger partial charge < -0.3 is 4.57 Å². The first kappa shape index (κ1) is 27.1. The van der Waals surface area contributed by atoms with Crippen molar-refractivity contribution in [1.29, 1.82) is 0 Å². The molecule has 2 unspecified atom stereocenters. The minimum absolute atomic E-state index is 0.00366. The summed E-state index contributed by atoms with van der Waals surface area (Å²) in [6.45, 7) is 0. The van der Waals surface area contributed by atoms with E-state index in [1.165, 1.54) is 65.9 Å². The van der Waals surface area contributed by atoms with Crippen molar-refractivity contribution in [3.63, 3.8) is 0 Å². The van der Waals surface area contributed by atoms with Crippen molar-refractivity contribution < 1.29 is 0 Å². The van der Waals surface area contributed by atoms with Crippen LogP contribution in [0.25, 0.3) is 60.4 Å². The molecule has 4 nitrogen and oxygen atoms in total. The Bertz CT molecular complexity index is 2540. The minimum atomic E-state index is -0.00366. The molecule has 4 heteroatoms. The molecular formula is C44H32N4. The van der Waals surface area contributed by atoms with Crippen molar-refractivity contribution in [1.82, 2.24) is 14.6 Å². The van der Waals surface area contributed by atoms with Gasteiger partial charge in [-0.3, -0.25) is 15.0 Å². The van der Waals surface area contributed by atoms with Gasteiger partial charge in [-0.05, 0) is 58.7 Å². The molecule has 0 aliphatic carbocycles. The predicted octanol–water partition coefficient (Wildman–Crippen LogP) is 10.5. The predicted molar refractivity (Wildman–Crippen MR) is 199 cm³/mol. The van der Waals surface area contributed by atoms with E-state index in [9.17, 15) is 0 Å². The summed E-state index contributed by atoms with van der Waals surface area (Å²) in [5, 5.41) is 11.5. The van der Waals surface area contributed by atoms with Crippen molar-refractivity contribution in [2.45, 2.75) is 12.3 Å². The summed E-state index contributed by atoms with van der Waals surface area (Å²) in [6, 6.07) is 63.6. The molecule has 1 saturated heterocycles. The molecule has 0 bridgehead atoms. The Kier molecular flexibility index (Phi) is 6.05. The quantitative estimate of drug-likeness (QED) is 0.208. The van der Waals surface area contributed by atoms with E-state index in [-0.39, 0.29) is 12.3 Å². The van der Waals surface area contributed by atoms with Crippen LogP contribution < -0.4 is 10.3 Å². The minimum Gasteiger partial charge on any atom is -0.309 e. The second kappa shape index (κ2) is 10.7. The van der Waals surface area contributed by atoms with Crippen LogP contribution in [0.3, 0.4) is 0 Å². The summed E-state index contributed by atoms with van der Waals surface area (Å²) >= 11 is 0. The molecule has 7 aromatic carbocycles. The number of nitrogens with one attached hydrogen (secondary N) is 1. The fourth-order valence-electron chi connectivity index (χ4n) is 7.75. The molecule has 3 heterocycles. The summed E-state index contributed by atoms with van der Waals surface area (Å²) in [6.07, 6.45) is 0.0112. The van der Waals surface area contributed by atoms with E-state index in [1.807, 2.05) is 0 Å². The normalized spacial score (nSPS) is 16.2. The second-order valence-corrected chi connectivity index (χ2v) is 12.7. The molecular weight excluding hydrogens is 585 g/mol. The molecule has 2 aromatic heterocycles. The van der Waals surface area contributed by atoms with Gasteiger partial charge in [0.2, 0.25) is 0 Å². The topological polar surface area (TPSA) is 25.1 Å². The van der Waals surface area contributed by atoms with Crippen LogP contribution in [-0.2, 0) is 0 Å². The van der Waals surface area contributed by atoms with Gasteiger partial charge in [-0.2, -0.15) is 0 Å². The van der Waals surface area contributed by atoms with Crippen molar-refractivity contribution in [2.24, 2.45) is 0 Å². The largest absolute Gasteiger partial charge is 0.309 e. The van der Waals surface area contributed by atoms with Crippen LogP contribution in [-0.4, -0.2) is 9.24 Å². The molecule has 0 amide bonds. The lowest BCUT2D eigenvalue weighted by Crippen LogP contribution is -2.62. The van der Waals surface area contributed by atoms with E-state index in [2.05, 4.69) is 195 Å². The van der Waals surface area contributed by atoms with Crippen LogP contribution in [0.2, 0.25) is 0 Å². The summed E-state index contributed by atoms with van der Waals surface area (Å²) in [5.74, 6) is 0. The van der Waals surface area contributed by atoms with Crippen LogP contribution in [0.5, 0.6) is 0 Å². The third kappa shape index (κ3) is 4.06. The van der Waals surface area contributed by atoms with Gasteiger partial charge in [0.1, 0.15) is 12.3 Å². The average Bonchev–Trinajstić information content (AvgIpc) is 3.65. The average molecular weight is 617 g/mol. The number of aromatic nitrogens is 2. The fraction of sp³-hybridized carbons (Fsp3) is 0.0455. The molecule has 1 aliphatic rings. The van der Waals surface area contributed by atoms with Crippen LogP contribution in [0.1, 0.15) is 23.5 Å². The van der Waals surface area contributed by atoms with E-state index < -0.39 is 0 Å². The van der Waals surface area contributed by atoms with Crippen LogP contribution in [0.4, 0.5) is 0 Å². The van der Waals surface area contributed by atoms with Crippen LogP contribution in [0.15, 0.2) is 176 Å². The van der Waals surface area contributed by atoms with E-state index in [0.717, 1.165) is 5.69 Å². The van der Waals surface area contributed by atoms with Crippen molar-refractivity contribution >= 4 is 43.6 Å². The number of hydrogen-bond donors (Lipinski definition) is 1. The number of benzene rings is 7. The highest BCUT2D eigenvalue weighted by Crippen LogP contribution is 2.42. The Morgan fingerprint density at radius 2 is 0.854 bits per heavy atom. The Morgan fingerprint density at radius 3 is 1.50 bits per heavy atom. The molecule has 2 atom stereocenters. The van der Waals surface area contributed by atoms with Gasteiger partial charge in [0.15, 0.2) is 0 Å². The maximum atomic E-state index is 3.91. The highest BCUT2D eigenvalue weighted by atomic mass is 15.7. The summed E-state index contributed by atoms with van der Waals surface area (Å²) in [4.78, 5) is 0. The lowest BCUT2D eigenvalue weighted by molar-refractivity contribution is 0.211. The monoisotopic (exact) mass is 616 g/mol. The van der Waals surface area contributed by atoms with E-state index in [0.29, 0.717) is 0 Å². The Morgan fingerprint density at radius 1 is 0.375 bits per heavy atom. The molecule has 1 N–H and O–H groups in total. The number of para-hydroxylation sites is 3. The molecule has 1 aliphatic heterocycles. The summed E-state index contributed by atoms with van der Waals surface area (Å²) < 4.78 is 4.86. The van der Waals surface area contributed by atoms with Crippen LogP contribution >= 0.6 is 0 Å². The zero-order valence-corrected chi connectivity index (χ0v) is 26.2. The van der Waals surface area contributed by atoms with Crippen molar-refractivity contribution in [3.8, 4) is 16.8 Å². The first-order valence-electron chi connectivity index (χ1n) is 16.6. The van der Waals surface area contributed by atoms with Gasteiger partial charge >= 0.3 is 0 Å².